The summed E-state index contributed by atoms with van der Waals surface area (Å²) in [6, 6.07) is 1.24. The average Bonchev–Trinajstić information content (AvgIpc) is 2.94. The lowest BCUT2D eigenvalue weighted by atomic mass is 9.68. The van der Waals surface area contributed by atoms with E-state index in [1.807, 2.05) is 0 Å². The second-order valence-electron chi connectivity index (χ2n) is 16.7. The van der Waals surface area contributed by atoms with Crippen LogP contribution >= 0.6 is 0 Å². The smallest absolute Gasteiger partial charge is 0.319 e. The van der Waals surface area contributed by atoms with Gasteiger partial charge in [-0.3, -0.25) is 9.80 Å². The van der Waals surface area contributed by atoms with Gasteiger partial charge in [-0.1, -0.05) is 27.7 Å². The Hall–Kier alpha value is -0.810. The van der Waals surface area contributed by atoms with Crippen LogP contribution in [0.1, 0.15) is 122 Å². The Bertz CT molecular complexity index is 853. The average molecular weight is 503 g/mol. The fourth-order valence-corrected chi connectivity index (χ4v) is 8.49. The first kappa shape index (κ1) is 28.2. The molecule has 0 spiro atoms. The Morgan fingerprint density at radius 3 is 2.08 bits per heavy atom. The van der Waals surface area contributed by atoms with Crippen molar-refractivity contribution in [3.63, 3.8) is 0 Å². The summed E-state index contributed by atoms with van der Waals surface area (Å²) in [7, 11) is 0. The molecule has 0 aliphatic carbocycles. The normalized spacial score (nSPS) is 35.1. The Kier molecular flexibility index (Phi) is 6.74. The quantitative estimate of drug-likeness (QED) is 0.433. The first-order chi connectivity index (χ1) is 16.2. The topological polar surface area (TPSA) is 30.0 Å². The van der Waals surface area contributed by atoms with Crippen molar-refractivity contribution in [1.29, 1.82) is 0 Å². The number of hydrogen-bond donors (Lipinski definition) is 0. The van der Waals surface area contributed by atoms with Crippen LogP contribution in [0.3, 0.4) is 0 Å². The second kappa shape index (κ2) is 8.60. The molecule has 208 valence electrons. The molecule has 0 saturated carbocycles. The van der Waals surface area contributed by atoms with E-state index < -0.39 is 0 Å². The lowest BCUT2D eigenvalue weighted by Gasteiger charge is -2.60. The minimum Gasteiger partial charge on any atom is -0.319 e. The van der Waals surface area contributed by atoms with Crippen LogP contribution in [0.2, 0.25) is 0 Å². The summed E-state index contributed by atoms with van der Waals surface area (Å²) in [6.07, 6.45) is 6.83. The predicted octanol–water partition coefficient (Wildman–Crippen LogP) is 6.61. The van der Waals surface area contributed by atoms with Crippen molar-refractivity contribution in [1.82, 2.24) is 19.6 Å². The van der Waals surface area contributed by atoms with E-state index in [9.17, 15) is 4.79 Å². The molecule has 4 rings (SSSR count). The molecule has 0 bridgehead atoms. The Morgan fingerprint density at radius 2 is 1.47 bits per heavy atom. The largest absolute Gasteiger partial charge is 0.321 e. The maximum atomic E-state index is 14.1. The van der Waals surface area contributed by atoms with Crippen LogP contribution in [-0.4, -0.2) is 86.0 Å². The van der Waals surface area contributed by atoms with E-state index in [-0.39, 0.29) is 33.6 Å². The molecule has 4 aliphatic rings. The first-order valence-corrected chi connectivity index (χ1v) is 14.8. The minimum atomic E-state index is -0.141. The maximum absolute atomic E-state index is 14.1. The highest BCUT2D eigenvalue weighted by atomic mass is 16.2. The third-order valence-electron chi connectivity index (χ3n) is 11.1. The van der Waals surface area contributed by atoms with Crippen molar-refractivity contribution < 1.29 is 4.79 Å². The van der Waals surface area contributed by atoms with Gasteiger partial charge < -0.3 is 9.80 Å². The number of rotatable bonds is 4. The molecule has 5 heteroatoms. The van der Waals surface area contributed by atoms with Crippen molar-refractivity contribution in [2.24, 2.45) is 10.8 Å². The SMILES string of the molecule is CC1(C)CCC(C)(C)N2C(=O)N(C(C)(C)CCC3(C)CC(C)(C)C4CN(C(C)(C)C)CCN43)CCC21. The van der Waals surface area contributed by atoms with Crippen molar-refractivity contribution >= 4 is 6.03 Å². The molecule has 0 N–H and O–H groups in total. The number of fused-ring (bicyclic) bond motifs is 2. The van der Waals surface area contributed by atoms with Crippen LogP contribution in [-0.2, 0) is 0 Å². The molecule has 4 saturated heterocycles. The zero-order valence-corrected chi connectivity index (χ0v) is 25.9. The number of carbonyl (C=O) groups is 1. The van der Waals surface area contributed by atoms with Gasteiger partial charge in [0.2, 0.25) is 0 Å². The standard InChI is InChI=1S/C31H58N4O/c1-26(2,3)32-19-20-33-24(21-32)28(6,7)22-31(33,12)17-16-29(8,9)34-18-13-23-27(4,5)14-15-30(10,11)35(23)25(34)36/h23-24H,13-22H2,1-12H3. The van der Waals surface area contributed by atoms with Crippen LogP contribution in [0.15, 0.2) is 0 Å². The monoisotopic (exact) mass is 502 g/mol. The summed E-state index contributed by atoms with van der Waals surface area (Å²) in [5.74, 6) is 0. The molecule has 4 aliphatic heterocycles. The third kappa shape index (κ3) is 4.74. The number of hydrogen-bond acceptors (Lipinski definition) is 3. The Labute approximate surface area is 223 Å². The summed E-state index contributed by atoms with van der Waals surface area (Å²) in [4.78, 5) is 24.2. The predicted molar refractivity (Wildman–Crippen MR) is 151 cm³/mol. The molecule has 36 heavy (non-hydrogen) atoms. The van der Waals surface area contributed by atoms with Gasteiger partial charge in [-0.2, -0.15) is 0 Å². The zero-order chi connectivity index (χ0) is 27.1. The molecule has 0 aromatic carbocycles. The minimum absolute atomic E-state index is 0.0621. The van der Waals surface area contributed by atoms with Crippen LogP contribution < -0.4 is 0 Å². The van der Waals surface area contributed by atoms with E-state index in [1.54, 1.807) is 0 Å². The van der Waals surface area contributed by atoms with Gasteiger partial charge in [0.25, 0.3) is 0 Å². The van der Waals surface area contributed by atoms with E-state index in [1.165, 1.54) is 19.4 Å². The number of piperidine rings is 1. The molecule has 2 amide bonds. The third-order valence-corrected chi connectivity index (χ3v) is 11.1. The number of nitrogens with zero attached hydrogens (tertiary/aromatic N) is 4. The number of urea groups is 1. The van der Waals surface area contributed by atoms with Gasteiger partial charge >= 0.3 is 6.03 Å². The van der Waals surface area contributed by atoms with Gasteiger partial charge in [0.1, 0.15) is 0 Å². The van der Waals surface area contributed by atoms with E-state index in [0.717, 1.165) is 45.3 Å². The Balaban J connectivity index is 1.49. The van der Waals surface area contributed by atoms with Gasteiger partial charge in [0.15, 0.2) is 0 Å². The molecule has 0 aromatic rings. The fraction of sp³-hybridized carbons (Fsp3) is 0.968. The molecule has 5 nitrogen and oxygen atoms in total. The van der Waals surface area contributed by atoms with Crippen molar-refractivity contribution in [3.8, 4) is 0 Å². The lowest BCUT2D eigenvalue weighted by molar-refractivity contribution is -0.0672. The van der Waals surface area contributed by atoms with E-state index >= 15 is 0 Å². The molecule has 3 atom stereocenters. The van der Waals surface area contributed by atoms with Gasteiger partial charge in [-0.05, 0) is 105 Å². The first-order valence-electron chi connectivity index (χ1n) is 14.8. The van der Waals surface area contributed by atoms with Crippen LogP contribution in [0.25, 0.3) is 0 Å². The number of amides is 2. The van der Waals surface area contributed by atoms with E-state index in [2.05, 4.69) is 103 Å². The molecule has 0 aromatic heterocycles. The number of piperazine rings is 1. The summed E-state index contributed by atoms with van der Waals surface area (Å²) in [5.41, 5.74) is 0.732. The maximum Gasteiger partial charge on any atom is 0.321 e. The summed E-state index contributed by atoms with van der Waals surface area (Å²) < 4.78 is 0. The highest BCUT2D eigenvalue weighted by Crippen LogP contribution is 2.51. The fourth-order valence-electron chi connectivity index (χ4n) is 8.49. The lowest BCUT2D eigenvalue weighted by Crippen LogP contribution is -2.70. The highest BCUT2D eigenvalue weighted by molar-refractivity contribution is 5.77. The summed E-state index contributed by atoms with van der Waals surface area (Å²) in [6.45, 7) is 32.9. The van der Waals surface area contributed by atoms with Gasteiger partial charge in [-0.15, -0.1) is 0 Å². The molecule has 4 heterocycles. The second-order valence-corrected chi connectivity index (χ2v) is 16.7. The van der Waals surface area contributed by atoms with Gasteiger partial charge in [-0.25, -0.2) is 4.79 Å². The molecular weight excluding hydrogens is 444 g/mol. The molecule has 3 unspecified atom stereocenters. The molecule has 0 radical (unpaired) electrons. The zero-order valence-electron chi connectivity index (χ0n) is 25.9. The number of carbonyl (C=O) groups excluding carboxylic acids is 1. The van der Waals surface area contributed by atoms with Crippen molar-refractivity contribution in [3.05, 3.63) is 0 Å². The van der Waals surface area contributed by atoms with Crippen molar-refractivity contribution in [2.45, 2.75) is 156 Å². The van der Waals surface area contributed by atoms with Gasteiger partial charge in [0.05, 0.1) is 0 Å². The highest BCUT2D eigenvalue weighted by Gasteiger charge is 2.56. The van der Waals surface area contributed by atoms with Crippen LogP contribution in [0.5, 0.6) is 0 Å². The van der Waals surface area contributed by atoms with Crippen LogP contribution in [0, 0.1) is 10.8 Å². The molecule has 4 fully saturated rings. The van der Waals surface area contributed by atoms with Crippen LogP contribution in [0.4, 0.5) is 4.79 Å². The van der Waals surface area contributed by atoms with Crippen molar-refractivity contribution in [2.75, 3.05) is 26.2 Å². The van der Waals surface area contributed by atoms with Gasteiger partial charge in [0, 0.05) is 60.4 Å². The molecular formula is C31H58N4O. The summed E-state index contributed by atoms with van der Waals surface area (Å²) in [5, 5.41) is 0. The van der Waals surface area contributed by atoms with E-state index in [4.69, 9.17) is 0 Å². The summed E-state index contributed by atoms with van der Waals surface area (Å²) >= 11 is 0. The van der Waals surface area contributed by atoms with E-state index in [0.29, 0.717) is 17.5 Å². The Morgan fingerprint density at radius 1 is 0.833 bits per heavy atom.